The molecule has 2 bridgehead atoms. The minimum absolute atomic E-state index is 0. The molecule has 0 atom stereocenters. The first-order chi connectivity index (χ1) is 9.30. The summed E-state index contributed by atoms with van der Waals surface area (Å²) in [6.07, 6.45) is 0.835. The third-order valence-electron chi connectivity index (χ3n) is 3.75. The second kappa shape index (κ2) is 4.02. The molecule has 4 rings (SSSR count). The van der Waals surface area contributed by atoms with Crippen molar-refractivity contribution in [1.82, 2.24) is 5.32 Å². The van der Waals surface area contributed by atoms with Crippen molar-refractivity contribution in [2.45, 2.75) is 23.3 Å². The molecule has 8 heteroatoms. The highest BCUT2D eigenvalue weighted by Gasteiger charge is 2.57. The lowest BCUT2D eigenvalue weighted by Crippen LogP contribution is -2.69. The van der Waals surface area contributed by atoms with E-state index in [1.165, 1.54) is 12.1 Å². The Labute approximate surface area is 117 Å². The van der Waals surface area contributed by atoms with Gasteiger partial charge >= 0.3 is 10.2 Å². The van der Waals surface area contributed by atoms with Gasteiger partial charge in [0.2, 0.25) is 5.91 Å². The molecule has 3 aliphatic rings. The van der Waals surface area contributed by atoms with Crippen LogP contribution in [-0.4, -0.2) is 25.8 Å². The van der Waals surface area contributed by atoms with Crippen LogP contribution in [0.4, 0.5) is 9.57 Å². The largest absolute Gasteiger partial charge is 0.371 e. The molecule has 1 aromatic carbocycles. The number of imide groups is 1. The average molecular weight is 302 g/mol. The first-order valence-electron chi connectivity index (χ1n) is 5.98. The third-order valence-corrected chi connectivity index (χ3v) is 4.59. The highest BCUT2D eigenvalue weighted by Crippen LogP contribution is 2.43. The van der Waals surface area contributed by atoms with Gasteiger partial charge in [0.05, 0.1) is 4.90 Å². The minimum Gasteiger partial charge on any atom is -0.371 e. The number of piperidine rings is 2. The molecule has 0 aromatic heterocycles. The van der Waals surface area contributed by atoms with Crippen LogP contribution in [0.25, 0.3) is 0 Å². The van der Waals surface area contributed by atoms with Crippen molar-refractivity contribution in [3.05, 3.63) is 24.3 Å². The van der Waals surface area contributed by atoms with Gasteiger partial charge < -0.3 is 5.32 Å². The van der Waals surface area contributed by atoms with Gasteiger partial charge in [0.15, 0.2) is 0 Å². The number of halogens is 1. The molecule has 0 radical (unpaired) electrons. The van der Waals surface area contributed by atoms with Gasteiger partial charge in [-0.1, -0.05) is 0 Å². The Hall–Kier alpha value is -1.96. The van der Waals surface area contributed by atoms with Crippen molar-refractivity contribution < 1.29 is 24.7 Å². The molecule has 2 amide bonds. The number of hydrogen-bond donors (Lipinski definition) is 2. The number of hydrogen-bond acceptors (Lipinski definition) is 5. The van der Waals surface area contributed by atoms with Gasteiger partial charge in [-0.2, -0.15) is 8.42 Å². The van der Waals surface area contributed by atoms with Crippen LogP contribution >= 0.6 is 0 Å². The summed E-state index contributed by atoms with van der Waals surface area (Å²) >= 11 is 0. The van der Waals surface area contributed by atoms with Gasteiger partial charge in [0.25, 0.3) is 5.91 Å². The Kier molecular flexibility index (Phi) is 2.62. The standard InChI is InChI=1S/C12H11FN2O4S.2H2/c13-20(18,19)9-3-1-8(2-4-9)15-12-5-7(6-12)10(16)14-11(12)17;;/h1-4,7,15H,5-6H2,(H,14,16,17);2*1H. The van der Waals surface area contributed by atoms with Gasteiger partial charge in [0, 0.05) is 14.5 Å². The minimum atomic E-state index is -4.73. The zero-order valence-corrected chi connectivity index (χ0v) is 11.0. The van der Waals surface area contributed by atoms with E-state index in [0.717, 1.165) is 12.1 Å². The summed E-state index contributed by atoms with van der Waals surface area (Å²) in [6.45, 7) is 0. The smallest absolute Gasteiger partial charge is 0.332 e. The summed E-state index contributed by atoms with van der Waals surface area (Å²) in [6, 6.07) is 5.02. The maximum absolute atomic E-state index is 12.8. The Bertz CT molecular complexity index is 702. The first kappa shape index (κ1) is 13.0. The number of anilines is 1. The molecule has 2 N–H and O–H groups in total. The molecule has 0 unspecified atom stereocenters. The fourth-order valence-corrected chi connectivity index (χ4v) is 3.08. The van der Waals surface area contributed by atoms with Crippen molar-refractivity contribution in [3.8, 4) is 0 Å². The van der Waals surface area contributed by atoms with Gasteiger partial charge in [-0.15, -0.1) is 3.89 Å². The number of amides is 2. The van der Waals surface area contributed by atoms with Crippen LogP contribution in [0.5, 0.6) is 0 Å². The average Bonchev–Trinajstić information content (AvgIpc) is 2.30. The molecular weight excluding hydrogens is 287 g/mol. The van der Waals surface area contributed by atoms with Crippen LogP contribution in [0.15, 0.2) is 29.2 Å². The molecule has 20 heavy (non-hydrogen) atoms. The summed E-state index contributed by atoms with van der Waals surface area (Å²) in [5.74, 6) is -0.796. The lowest BCUT2D eigenvalue weighted by atomic mass is 9.64. The number of nitrogens with one attached hydrogen (secondary N) is 2. The van der Waals surface area contributed by atoms with E-state index >= 15 is 0 Å². The summed E-state index contributed by atoms with van der Waals surface area (Å²) in [4.78, 5) is 22.7. The van der Waals surface area contributed by atoms with E-state index < -0.39 is 20.7 Å². The molecule has 2 saturated heterocycles. The molecule has 2 heterocycles. The number of fused-ring (bicyclic) bond motifs is 2. The van der Waals surface area contributed by atoms with Crippen LogP contribution in [-0.2, 0) is 19.8 Å². The quantitative estimate of drug-likeness (QED) is 0.643. The van der Waals surface area contributed by atoms with Crippen molar-refractivity contribution in [1.29, 1.82) is 0 Å². The van der Waals surface area contributed by atoms with Crippen LogP contribution in [0.2, 0.25) is 0 Å². The topological polar surface area (TPSA) is 92.3 Å². The van der Waals surface area contributed by atoms with Crippen LogP contribution in [0.3, 0.4) is 0 Å². The fourth-order valence-electron chi connectivity index (χ4n) is 2.62. The normalized spacial score (nSPS) is 28.6. The highest BCUT2D eigenvalue weighted by atomic mass is 32.3. The monoisotopic (exact) mass is 302 g/mol. The molecule has 1 aliphatic carbocycles. The predicted octanol–water partition coefficient (Wildman–Crippen LogP) is 1.05. The summed E-state index contributed by atoms with van der Waals surface area (Å²) in [7, 11) is -4.73. The van der Waals surface area contributed by atoms with Crippen LogP contribution in [0, 0.1) is 5.92 Å². The Morgan fingerprint density at radius 1 is 1.25 bits per heavy atom. The van der Waals surface area contributed by atoms with Gasteiger partial charge in [-0.25, -0.2) is 0 Å². The van der Waals surface area contributed by atoms with Crippen LogP contribution in [0.1, 0.15) is 15.7 Å². The number of benzene rings is 1. The molecule has 110 valence electrons. The number of rotatable bonds is 3. The van der Waals surface area contributed by atoms with E-state index in [2.05, 4.69) is 10.6 Å². The first-order valence-corrected chi connectivity index (χ1v) is 7.37. The van der Waals surface area contributed by atoms with Crippen LogP contribution < -0.4 is 10.6 Å². The van der Waals surface area contributed by atoms with Crippen molar-refractivity contribution in [2.75, 3.05) is 5.32 Å². The van der Waals surface area contributed by atoms with Crippen molar-refractivity contribution >= 4 is 27.7 Å². The highest BCUT2D eigenvalue weighted by molar-refractivity contribution is 7.86. The zero-order chi connectivity index (χ0) is 14.5. The third kappa shape index (κ3) is 1.96. The van der Waals surface area contributed by atoms with Gasteiger partial charge in [-0.05, 0) is 37.1 Å². The maximum atomic E-state index is 12.8. The number of carbonyl (C=O) groups excluding carboxylic acids is 2. The molecule has 6 nitrogen and oxygen atoms in total. The van der Waals surface area contributed by atoms with Gasteiger partial charge in [-0.3, -0.25) is 14.9 Å². The molecule has 2 aliphatic heterocycles. The lowest BCUT2D eigenvalue weighted by molar-refractivity contribution is -0.148. The van der Waals surface area contributed by atoms with E-state index in [1.54, 1.807) is 0 Å². The molecular formula is C12H15FN2O4S. The Morgan fingerprint density at radius 2 is 1.85 bits per heavy atom. The van der Waals surface area contributed by atoms with E-state index in [9.17, 15) is 21.9 Å². The van der Waals surface area contributed by atoms with E-state index in [4.69, 9.17) is 0 Å². The lowest BCUT2D eigenvalue weighted by Gasteiger charge is -2.50. The summed E-state index contributed by atoms with van der Waals surface area (Å²) < 4.78 is 34.2. The molecule has 0 spiro atoms. The van der Waals surface area contributed by atoms with E-state index in [-0.39, 0.29) is 20.6 Å². The number of carbonyl (C=O) groups is 2. The van der Waals surface area contributed by atoms with Crippen molar-refractivity contribution in [2.24, 2.45) is 5.92 Å². The molecule has 1 saturated carbocycles. The van der Waals surface area contributed by atoms with E-state index in [0.29, 0.717) is 18.5 Å². The molecule has 1 aromatic rings. The SMILES string of the molecule is O=C1NC(=O)C2(Nc3ccc(S(=O)(=O)F)cc3)CC1C2.[HH].[HH]. The fraction of sp³-hybridized carbons (Fsp3) is 0.333. The Balaban J connectivity index is 0.00000121. The second-order valence-electron chi connectivity index (χ2n) is 5.09. The van der Waals surface area contributed by atoms with E-state index in [1.807, 2.05) is 0 Å². The predicted molar refractivity (Wildman–Crippen MR) is 71.2 cm³/mol. The molecule has 3 fully saturated rings. The Morgan fingerprint density at radius 3 is 2.35 bits per heavy atom. The summed E-state index contributed by atoms with van der Waals surface area (Å²) in [5.41, 5.74) is -0.324. The second-order valence-corrected chi connectivity index (χ2v) is 6.44. The van der Waals surface area contributed by atoms with Gasteiger partial charge in [0.1, 0.15) is 5.54 Å². The summed E-state index contributed by atoms with van der Waals surface area (Å²) in [5, 5.41) is 5.27. The zero-order valence-electron chi connectivity index (χ0n) is 10.2. The maximum Gasteiger partial charge on any atom is 0.332 e. The van der Waals surface area contributed by atoms with Crippen molar-refractivity contribution in [3.63, 3.8) is 0 Å².